The molecule has 2 rings (SSSR count). The number of aliphatic hydroxyl groups excluding tert-OH is 1. The maximum Gasteiger partial charge on any atom is 0.106 e. The van der Waals surface area contributed by atoms with E-state index in [1.807, 2.05) is 24.3 Å². The van der Waals surface area contributed by atoms with Crippen LogP contribution in [0.1, 0.15) is 17.2 Å². The third kappa shape index (κ3) is 3.42. The van der Waals surface area contributed by atoms with Crippen molar-refractivity contribution >= 4 is 75.1 Å². The summed E-state index contributed by atoms with van der Waals surface area (Å²) in [6, 6.07) is 7.68. The van der Waals surface area contributed by atoms with Crippen LogP contribution in [0.25, 0.3) is 0 Å². The molecule has 0 bridgehead atoms. The minimum atomic E-state index is -0.638. The van der Waals surface area contributed by atoms with E-state index in [-0.39, 0.29) is 0 Å². The predicted molar refractivity (Wildman–Crippen MR) is 85.6 cm³/mol. The first-order chi connectivity index (χ1) is 7.97. The van der Waals surface area contributed by atoms with E-state index >= 15 is 0 Å². The number of halogens is 4. The fourth-order valence-corrected chi connectivity index (χ4v) is 5.66. The second-order valence-electron chi connectivity index (χ2n) is 3.38. The standard InChI is InChI=1S/C11H6Br4OS/c12-6-1-5(2-7(13)3-6)10(16)8-4-9(14)17-11(8)15/h1-4,10,16H. The Balaban J connectivity index is 2.43. The van der Waals surface area contributed by atoms with Gasteiger partial charge >= 0.3 is 0 Å². The van der Waals surface area contributed by atoms with Crippen LogP contribution in [0.15, 0.2) is 40.8 Å². The summed E-state index contributed by atoms with van der Waals surface area (Å²) in [4.78, 5) is 0. The fourth-order valence-electron chi connectivity index (χ4n) is 1.45. The summed E-state index contributed by atoms with van der Waals surface area (Å²) in [7, 11) is 0. The molecule has 0 saturated carbocycles. The molecule has 1 N–H and O–H groups in total. The van der Waals surface area contributed by atoms with Gasteiger partial charge in [-0.1, -0.05) is 31.9 Å². The van der Waals surface area contributed by atoms with Gasteiger partial charge in [-0.05, 0) is 61.7 Å². The Kier molecular flexibility index (Phi) is 4.88. The average Bonchev–Trinajstić information content (AvgIpc) is 2.55. The van der Waals surface area contributed by atoms with Crippen LogP contribution in [0.4, 0.5) is 0 Å². The van der Waals surface area contributed by atoms with Crippen molar-refractivity contribution < 1.29 is 5.11 Å². The van der Waals surface area contributed by atoms with Gasteiger partial charge in [0, 0.05) is 14.5 Å². The van der Waals surface area contributed by atoms with Crippen LogP contribution in [0.2, 0.25) is 0 Å². The highest BCUT2D eigenvalue weighted by atomic mass is 79.9. The normalized spacial score (nSPS) is 12.8. The van der Waals surface area contributed by atoms with Gasteiger partial charge in [-0.25, -0.2) is 0 Å². The van der Waals surface area contributed by atoms with Gasteiger partial charge in [-0.3, -0.25) is 0 Å². The fraction of sp³-hybridized carbons (Fsp3) is 0.0909. The topological polar surface area (TPSA) is 20.2 Å². The van der Waals surface area contributed by atoms with E-state index in [0.717, 1.165) is 27.6 Å². The summed E-state index contributed by atoms with van der Waals surface area (Å²) >= 11 is 15.3. The number of hydrogen-bond donors (Lipinski definition) is 1. The lowest BCUT2D eigenvalue weighted by Crippen LogP contribution is -1.98. The third-order valence-electron chi connectivity index (χ3n) is 2.18. The molecule has 1 heterocycles. The monoisotopic (exact) mass is 502 g/mol. The lowest BCUT2D eigenvalue weighted by Gasteiger charge is -2.11. The number of thiophene rings is 1. The largest absolute Gasteiger partial charge is 0.384 e. The van der Waals surface area contributed by atoms with Gasteiger partial charge in [0.05, 0.1) is 7.57 Å². The molecular formula is C11H6Br4OS. The minimum Gasteiger partial charge on any atom is -0.384 e. The molecule has 0 radical (unpaired) electrons. The van der Waals surface area contributed by atoms with Crippen molar-refractivity contribution in [1.82, 2.24) is 0 Å². The van der Waals surface area contributed by atoms with Gasteiger partial charge in [-0.2, -0.15) is 0 Å². The van der Waals surface area contributed by atoms with Crippen LogP contribution in [0, 0.1) is 0 Å². The van der Waals surface area contributed by atoms with Crippen LogP contribution in [0.5, 0.6) is 0 Å². The first-order valence-corrected chi connectivity index (χ1v) is 8.55. The molecule has 1 aromatic heterocycles. The Bertz CT molecular complexity index is 532. The SMILES string of the molecule is OC(c1cc(Br)cc(Br)c1)c1cc(Br)sc1Br. The van der Waals surface area contributed by atoms with Gasteiger partial charge in [0.15, 0.2) is 0 Å². The van der Waals surface area contributed by atoms with E-state index in [9.17, 15) is 5.11 Å². The van der Waals surface area contributed by atoms with Gasteiger partial charge in [0.1, 0.15) is 6.10 Å². The molecule has 17 heavy (non-hydrogen) atoms. The van der Waals surface area contributed by atoms with E-state index in [4.69, 9.17) is 0 Å². The zero-order valence-corrected chi connectivity index (χ0v) is 15.4. The molecule has 90 valence electrons. The molecule has 1 unspecified atom stereocenters. The van der Waals surface area contributed by atoms with Crippen molar-refractivity contribution in [3.63, 3.8) is 0 Å². The van der Waals surface area contributed by atoms with E-state index in [0.29, 0.717) is 0 Å². The van der Waals surface area contributed by atoms with Gasteiger partial charge < -0.3 is 5.11 Å². The molecule has 0 saturated heterocycles. The summed E-state index contributed by atoms with van der Waals surface area (Å²) in [5, 5.41) is 10.3. The van der Waals surface area contributed by atoms with Crippen LogP contribution >= 0.6 is 75.1 Å². The van der Waals surface area contributed by atoms with E-state index in [2.05, 4.69) is 63.7 Å². The lowest BCUT2D eigenvalue weighted by atomic mass is 10.0. The summed E-state index contributed by atoms with van der Waals surface area (Å²) in [6.07, 6.45) is -0.638. The summed E-state index contributed by atoms with van der Waals surface area (Å²) in [5.74, 6) is 0. The first kappa shape index (κ1) is 14.2. The summed E-state index contributed by atoms with van der Waals surface area (Å²) in [5.41, 5.74) is 1.71. The number of aliphatic hydroxyl groups is 1. The number of hydrogen-bond acceptors (Lipinski definition) is 2. The van der Waals surface area contributed by atoms with Crippen LogP contribution in [-0.4, -0.2) is 5.11 Å². The zero-order valence-electron chi connectivity index (χ0n) is 8.25. The van der Waals surface area contributed by atoms with Crippen molar-refractivity contribution in [2.24, 2.45) is 0 Å². The molecule has 6 heteroatoms. The Hall–Kier alpha value is 0.800. The summed E-state index contributed by atoms with van der Waals surface area (Å²) < 4.78 is 3.80. The smallest absolute Gasteiger partial charge is 0.106 e. The first-order valence-electron chi connectivity index (χ1n) is 4.56. The predicted octanol–water partition coefficient (Wildman–Crippen LogP) is 5.88. The zero-order chi connectivity index (χ0) is 12.6. The molecule has 1 nitrogen and oxygen atoms in total. The Morgan fingerprint density at radius 3 is 2.00 bits per heavy atom. The minimum absolute atomic E-state index is 0.638. The van der Waals surface area contributed by atoms with Gasteiger partial charge in [0.2, 0.25) is 0 Å². The number of rotatable bonds is 2. The molecular weight excluding hydrogens is 500 g/mol. The van der Waals surface area contributed by atoms with Crippen molar-refractivity contribution in [2.45, 2.75) is 6.10 Å². The second-order valence-corrected chi connectivity index (χ2v) is 8.97. The molecule has 0 aliphatic carbocycles. The van der Waals surface area contributed by atoms with Crippen molar-refractivity contribution in [3.05, 3.63) is 51.9 Å². The van der Waals surface area contributed by atoms with E-state index < -0.39 is 6.10 Å². The van der Waals surface area contributed by atoms with E-state index in [1.54, 1.807) is 11.3 Å². The van der Waals surface area contributed by atoms with Gasteiger partial charge in [-0.15, -0.1) is 11.3 Å². The Labute approximate surface area is 137 Å². The Morgan fingerprint density at radius 1 is 0.941 bits per heavy atom. The maximum absolute atomic E-state index is 10.3. The maximum atomic E-state index is 10.3. The highest BCUT2D eigenvalue weighted by molar-refractivity contribution is 9.12. The molecule has 2 aromatic rings. The number of benzene rings is 1. The van der Waals surface area contributed by atoms with Crippen LogP contribution in [-0.2, 0) is 0 Å². The van der Waals surface area contributed by atoms with Crippen molar-refractivity contribution in [3.8, 4) is 0 Å². The molecule has 1 atom stereocenters. The average molecular weight is 506 g/mol. The van der Waals surface area contributed by atoms with Crippen molar-refractivity contribution in [2.75, 3.05) is 0 Å². The highest BCUT2D eigenvalue weighted by Crippen LogP contribution is 2.38. The molecule has 1 aromatic carbocycles. The Morgan fingerprint density at radius 2 is 1.53 bits per heavy atom. The highest BCUT2D eigenvalue weighted by Gasteiger charge is 2.17. The van der Waals surface area contributed by atoms with Gasteiger partial charge in [0.25, 0.3) is 0 Å². The lowest BCUT2D eigenvalue weighted by molar-refractivity contribution is 0.220. The molecule has 0 aliphatic rings. The van der Waals surface area contributed by atoms with Crippen LogP contribution < -0.4 is 0 Å². The van der Waals surface area contributed by atoms with Crippen molar-refractivity contribution in [1.29, 1.82) is 0 Å². The molecule has 0 amide bonds. The summed E-state index contributed by atoms with van der Waals surface area (Å²) in [6.45, 7) is 0. The second kappa shape index (κ2) is 5.84. The van der Waals surface area contributed by atoms with E-state index in [1.165, 1.54) is 0 Å². The third-order valence-corrected chi connectivity index (χ3v) is 5.48. The van der Waals surface area contributed by atoms with Crippen LogP contribution in [0.3, 0.4) is 0 Å². The molecule has 0 fully saturated rings. The quantitative estimate of drug-likeness (QED) is 0.540. The molecule has 0 aliphatic heterocycles. The molecule has 0 spiro atoms.